The molecule has 5 heteroatoms. The van der Waals surface area contributed by atoms with Crippen LogP contribution in [0.25, 0.3) is 0 Å². The van der Waals surface area contributed by atoms with Gasteiger partial charge in [-0.2, -0.15) is 0 Å². The zero-order valence-corrected chi connectivity index (χ0v) is 11.1. The van der Waals surface area contributed by atoms with Crippen molar-refractivity contribution in [2.45, 2.75) is 25.9 Å². The molecule has 1 aliphatic heterocycles. The van der Waals surface area contributed by atoms with Gasteiger partial charge in [-0.1, -0.05) is 6.07 Å². The summed E-state index contributed by atoms with van der Waals surface area (Å²) in [6, 6.07) is 5.06. The van der Waals surface area contributed by atoms with Crippen molar-refractivity contribution in [1.82, 2.24) is 0 Å². The molecule has 1 unspecified atom stereocenters. The molecule has 0 saturated carbocycles. The lowest BCUT2D eigenvalue weighted by Crippen LogP contribution is -2.18. The number of para-hydroxylation sites is 1. The summed E-state index contributed by atoms with van der Waals surface area (Å²) in [5, 5.41) is 0. The summed E-state index contributed by atoms with van der Waals surface area (Å²) in [6.07, 6.45) is 1.97. The molecule has 1 heterocycles. The quantitative estimate of drug-likeness (QED) is 0.651. The minimum Gasteiger partial charge on any atom is -0.491 e. The number of hydrogen-bond donors (Lipinski definition) is 1. The highest BCUT2D eigenvalue weighted by atomic mass is 16.6. The van der Waals surface area contributed by atoms with E-state index in [2.05, 4.69) is 0 Å². The van der Waals surface area contributed by atoms with Gasteiger partial charge in [-0.25, -0.2) is 4.79 Å². The topological polar surface area (TPSA) is 70.8 Å². The number of benzene rings is 1. The Hall–Kier alpha value is -1.75. The predicted molar refractivity (Wildman–Crippen MR) is 71.3 cm³/mol. The molecule has 19 heavy (non-hydrogen) atoms. The highest BCUT2D eigenvalue weighted by molar-refractivity contribution is 5.94. The average molecular weight is 265 g/mol. The summed E-state index contributed by atoms with van der Waals surface area (Å²) < 4.78 is 16.1. The Kier molecular flexibility index (Phi) is 4.63. The van der Waals surface area contributed by atoms with Gasteiger partial charge in [0, 0.05) is 6.61 Å². The first-order valence-electron chi connectivity index (χ1n) is 6.52. The molecule has 2 N–H and O–H groups in total. The van der Waals surface area contributed by atoms with E-state index in [0.29, 0.717) is 23.6 Å². The van der Waals surface area contributed by atoms with Crippen LogP contribution >= 0.6 is 0 Å². The van der Waals surface area contributed by atoms with Crippen LogP contribution in [0.5, 0.6) is 5.75 Å². The number of hydrogen-bond acceptors (Lipinski definition) is 5. The molecule has 0 radical (unpaired) electrons. The van der Waals surface area contributed by atoms with E-state index in [1.165, 1.54) is 0 Å². The van der Waals surface area contributed by atoms with Gasteiger partial charge < -0.3 is 19.9 Å². The Morgan fingerprint density at radius 2 is 2.37 bits per heavy atom. The van der Waals surface area contributed by atoms with Crippen LogP contribution in [0.3, 0.4) is 0 Å². The van der Waals surface area contributed by atoms with Crippen molar-refractivity contribution in [3.63, 3.8) is 0 Å². The molecular weight excluding hydrogens is 246 g/mol. The smallest absolute Gasteiger partial charge is 0.342 e. The Morgan fingerprint density at radius 1 is 1.53 bits per heavy atom. The van der Waals surface area contributed by atoms with Gasteiger partial charge in [0.2, 0.25) is 0 Å². The average Bonchev–Trinajstić information content (AvgIpc) is 2.92. The fourth-order valence-electron chi connectivity index (χ4n) is 2.04. The minimum absolute atomic E-state index is 0.0144. The summed E-state index contributed by atoms with van der Waals surface area (Å²) in [6.45, 7) is 3.30. The monoisotopic (exact) mass is 265 g/mol. The van der Waals surface area contributed by atoms with E-state index in [1.54, 1.807) is 18.2 Å². The van der Waals surface area contributed by atoms with Crippen molar-refractivity contribution in [2.75, 3.05) is 25.6 Å². The lowest BCUT2D eigenvalue weighted by Gasteiger charge is -2.14. The van der Waals surface area contributed by atoms with Crippen LogP contribution in [-0.4, -0.2) is 31.9 Å². The number of nitrogens with two attached hydrogens (primary N) is 1. The van der Waals surface area contributed by atoms with Crippen molar-refractivity contribution in [2.24, 2.45) is 0 Å². The second-order valence-electron chi connectivity index (χ2n) is 4.39. The van der Waals surface area contributed by atoms with Gasteiger partial charge >= 0.3 is 5.97 Å². The number of nitrogen functional groups attached to an aromatic ring is 1. The molecule has 1 aliphatic rings. The number of carbonyl (C=O) groups is 1. The second kappa shape index (κ2) is 6.43. The molecule has 1 atom stereocenters. The fourth-order valence-corrected chi connectivity index (χ4v) is 2.04. The largest absolute Gasteiger partial charge is 0.491 e. The molecule has 2 rings (SSSR count). The lowest BCUT2D eigenvalue weighted by atomic mass is 10.1. The lowest BCUT2D eigenvalue weighted by molar-refractivity contribution is 0.0158. The zero-order valence-electron chi connectivity index (χ0n) is 11.1. The van der Waals surface area contributed by atoms with Gasteiger partial charge in [-0.3, -0.25) is 0 Å². The van der Waals surface area contributed by atoms with E-state index < -0.39 is 5.97 Å². The normalized spacial score (nSPS) is 18.3. The van der Waals surface area contributed by atoms with E-state index in [0.717, 1.165) is 19.4 Å². The van der Waals surface area contributed by atoms with Crippen molar-refractivity contribution in [1.29, 1.82) is 0 Å². The molecule has 5 nitrogen and oxygen atoms in total. The summed E-state index contributed by atoms with van der Waals surface area (Å²) in [4.78, 5) is 12.0. The minimum atomic E-state index is -0.425. The van der Waals surface area contributed by atoms with Crippen LogP contribution < -0.4 is 10.5 Å². The third-order valence-corrected chi connectivity index (χ3v) is 2.98. The van der Waals surface area contributed by atoms with Crippen LogP contribution in [-0.2, 0) is 9.47 Å². The van der Waals surface area contributed by atoms with Crippen molar-refractivity contribution >= 4 is 11.7 Å². The van der Waals surface area contributed by atoms with Crippen LogP contribution in [0.2, 0.25) is 0 Å². The molecule has 1 aromatic carbocycles. The van der Waals surface area contributed by atoms with E-state index in [9.17, 15) is 4.79 Å². The first-order valence-corrected chi connectivity index (χ1v) is 6.52. The van der Waals surface area contributed by atoms with Gasteiger partial charge in [0.15, 0.2) is 5.75 Å². The van der Waals surface area contributed by atoms with Crippen LogP contribution in [0.15, 0.2) is 18.2 Å². The number of rotatable bonds is 5. The molecule has 0 aromatic heterocycles. The Bertz CT molecular complexity index is 441. The molecular formula is C14H19NO4. The number of ether oxygens (including phenoxy) is 3. The zero-order chi connectivity index (χ0) is 13.7. The Balaban J connectivity index is 2.03. The fraction of sp³-hybridized carbons (Fsp3) is 0.500. The number of carbonyl (C=O) groups excluding carboxylic acids is 1. The molecule has 104 valence electrons. The van der Waals surface area contributed by atoms with Crippen molar-refractivity contribution in [3.05, 3.63) is 23.8 Å². The standard InChI is InChI=1S/C14H19NO4/c1-2-17-13-11(6-3-7-12(13)15)14(16)19-9-10-5-4-8-18-10/h3,6-7,10H,2,4-5,8-9,15H2,1H3. The summed E-state index contributed by atoms with van der Waals surface area (Å²) in [7, 11) is 0. The maximum atomic E-state index is 12.0. The van der Waals surface area contributed by atoms with Crippen LogP contribution in [0.4, 0.5) is 5.69 Å². The highest BCUT2D eigenvalue weighted by Crippen LogP contribution is 2.27. The van der Waals surface area contributed by atoms with Crippen molar-refractivity contribution < 1.29 is 19.0 Å². The summed E-state index contributed by atoms with van der Waals surface area (Å²) in [5.74, 6) is -0.0337. The van der Waals surface area contributed by atoms with E-state index in [-0.39, 0.29) is 12.7 Å². The van der Waals surface area contributed by atoms with Crippen molar-refractivity contribution in [3.8, 4) is 5.75 Å². The number of esters is 1. The van der Waals surface area contributed by atoms with E-state index in [1.807, 2.05) is 6.92 Å². The molecule has 1 aromatic rings. The van der Waals surface area contributed by atoms with Crippen LogP contribution in [0.1, 0.15) is 30.1 Å². The highest BCUT2D eigenvalue weighted by Gasteiger charge is 2.20. The third kappa shape index (κ3) is 3.38. The predicted octanol–water partition coefficient (Wildman–Crippen LogP) is 2.00. The van der Waals surface area contributed by atoms with E-state index >= 15 is 0 Å². The maximum absolute atomic E-state index is 12.0. The Labute approximate surface area is 112 Å². The molecule has 0 amide bonds. The first-order chi connectivity index (χ1) is 9.22. The second-order valence-corrected chi connectivity index (χ2v) is 4.39. The SMILES string of the molecule is CCOc1c(N)cccc1C(=O)OCC1CCCO1. The first kappa shape index (κ1) is 13.7. The van der Waals surface area contributed by atoms with Gasteiger partial charge in [0.1, 0.15) is 12.2 Å². The summed E-state index contributed by atoms with van der Waals surface area (Å²) >= 11 is 0. The molecule has 0 aliphatic carbocycles. The molecule has 1 saturated heterocycles. The van der Waals surface area contributed by atoms with Gasteiger partial charge in [0.25, 0.3) is 0 Å². The van der Waals surface area contributed by atoms with E-state index in [4.69, 9.17) is 19.9 Å². The number of anilines is 1. The molecule has 0 spiro atoms. The van der Waals surface area contributed by atoms with Crippen LogP contribution in [0, 0.1) is 0 Å². The Morgan fingerprint density at radius 3 is 3.05 bits per heavy atom. The maximum Gasteiger partial charge on any atom is 0.342 e. The van der Waals surface area contributed by atoms with Gasteiger partial charge in [-0.15, -0.1) is 0 Å². The van der Waals surface area contributed by atoms with Gasteiger partial charge in [0.05, 0.1) is 18.4 Å². The van der Waals surface area contributed by atoms with Gasteiger partial charge in [-0.05, 0) is 31.9 Å². The molecule has 1 fully saturated rings. The molecule has 0 bridgehead atoms. The summed E-state index contributed by atoms with van der Waals surface area (Å²) in [5.41, 5.74) is 6.61. The third-order valence-electron chi connectivity index (χ3n) is 2.98.